The molecule has 0 saturated heterocycles. The van der Waals surface area contributed by atoms with E-state index in [0.29, 0.717) is 0 Å². The Morgan fingerprint density at radius 1 is 0.0909 bits per heavy atom. The van der Waals surface area contributed by atoms with Gasteiger partial charge in [0.25, 0.3) is 0 Å². The van der Waals surface area contributed by atoms with Crippen LogP contribution in [0.15, 0.2) is 0 Å². The van der Waals surface area contributed by atoms with Gasteiger partial charge in [-0.05, 0) is 0 Å². The number of phenols is 26. The molecule has 0 spiro atoms. The molecule has 0 bridgehead atoms. The average molecular weight is 923 g/mol. The molecule has 0 aromatic heterocycles. The molecule has 26 heteroatoms. The minimum atomic E-state index is -1.89. The normalized spacial score (nSPS) is 11.7. The third-order valence-corrected chi connectivity index (χ3v) is 11.1. The van der Waals surface area contributed by atoms with E-state index in [-0.39, 0.29) is 0 Å². The van der Waals surface area contributed by atoms with E-state index < -0.39 is 226 Å². The van der Waals surface area contributed by atoms with E-state index in [2.05, 4.69) is 0 Å². The van der Waals surface area contributed by atoms with Crippen molar-refractivity contribution in [1.29, 1.82) is 0 Å². The monoisotopic (exact) mass is 922 g/mol. The van der Waals surface area contributed by atoms with Crippen molar-refractivity contribution in [2.45, 2.75) is 0 Å². The van der Waals surface area contributed by atoms with E-state index in [1.165, 1.54) is 0 Å². The number of fused-ring (bicyclic) bond motifs is 4. The molecule has 0 saturated carbocycles. The van der Waals surface area contributed by atoms with Crippen LogP contribution in [0.1, 0.15) is 0 Å². The topological polar surface area (TPSA) is 526 Å². The summed E-state index contributed by atoms with van der Waals surface area (Å²) < 4.78 is 0. The van der Waals surface area contributed by atoms with E-state index in [9.17, 15) is 133 Å². The van der Waals surface area contributed by atoms with Crippen molar-refractivity contribution in [3.8, 4) is 183 Å². The maximum absolute atomic E-state index is 11.7. The SMILES string of the molecule is Oc1c(O)c(-c2c3c(O)c(O)c(O)c(O)c3c(-c3c(O)c(O)c4c(O)c(O)c(O)c(O)c4c3O)c3c(O)c(O)c(O)c(O)c23)c(O)c(O)c1-c1c(O)c(O)c2c(O)c(O)c(O)c(O)c2c1O. The van der Waals surface area contributed by atoms with Gasteiger partial charge in [-0.15, -0.1) is 0 Å². The second-order valence-electron chi connectivity index (χ2n) is 14.3. The van der Waals surface area contributed by atoms with E-state index >= 15 is 0 Å². The van der Waals surface area contributed by atoms with Gasteiger partial charge >= 0.3 is 0 Å². The number of hydrogen-bond donors (Lipinski definition) is 26. The lowest BCUT2D eigenvalue weighted by molar-refractivity contribution is 0.347. The summed E-state index contributed by atoms with van der Waals surface area (Å²) in [7, 11) is 0. The van der Waals surface area contributed by atoms with Crippen molar-refractivity contribution in [3.05, 3.63) is 0 Å². The number of hydrogen-bond acceptors (Lipinski definition) is 26. The van der Waals surface area contributed by atoms with E-state index in [4.69, 9.17) is 0 Å². The zero-order chi connectivity index (χ0) is 49.1. The van der Waals surface area contributed by atoms with Gasteiger partial charge in [0, 0.05) is 32.7 Å². The van der Waals surface area contributed by atoms with E-state index in [1.54, 1.807) is 0 Å². The lowest BCUT2D eigenvalue weighted by Gasteiger charge is -2.25. The van der Waals surface area contributed by atoms with E-state index in [0.717, 1.165) is 0 Å². The first kappa shape index (κ1) is 42.3. The Hall–Kier alpha value is -10.4. The standard InChI is InChI=1S/C40H26O26/c41-15-7(21(47)27(53)13-10(15)29(55)37(63)39(65)31(13)57)1-3-5(19(45)35(61)33(59)17(3)43)2(6-4(1)18(44)34(60)36(62)20(6)46)8-22(48)25(51)12(26(52)23(8)49)9-16(42)11-14(28(54)24(9)50)32(58)40(66)38(64)30(11)56/h41-66H. The second kappa shape index (κ2) is 13.1. The lowest BCUT2D eigenvalue weighted by Crippen LogP contribution is -1.97. The first-order valence-corrected chi connectivity index (χ1v) is 17.6. The van der Waals surface area contributed by atoms with Crippen molar-refractivity contribution in [3.63, 3.8) is 0 Å². The van der Waals surface area contributed by atoms with Crippen molar-refractivity contribution >= 4 is 43.1 Å². The molecule has 0 radical (unpaired) electrons. The highest BCUT2D eigenvalue weighted by Crippen LogP contribution is 2.70. The molecule has 26 nitrogen and oxygen atoms in total. The molecular weight excluding hydrogens is 896 g/mol. The van der Waals surface area contributed by atoms with Gasteiger partial charge in [0.2, 0.25) is 46.0 Å². The predicted octanol–water partition coefficient (Wildman–Crippen LogP) is 3.65. The number of rotatable bonds is 3. The molecule has 66 heavy (non-hydrogen) atoms. The minimum absolute atomic E-state index is 1.18. The summed E-state index contributed by atoms with van der Waals surface area (Å²) in [4.78, 5) is 0. The number of phenolic OH excluding ortho intramolecular Hbond substituents is 26. The van der Waals surface area contributed by atoms with Gasteiger partial charge in [-0.25, -0.2) is 0 Å². The fourth-order valence-electron chi connectivity index (χ4n) is 8.03. The van der Waals surface area contributed by atoms with Crippen LogP contribution in [0.25, 0.3) is 76.5 Å². The van der Waals surface area contributed by atoms with Crippen LogP contribution < -0.4 is 0 Å². The highest BCUT2D eigenvalue weighted by Gasteiger charge is 2.40. The molecule has 0 aliphatic carbocycles. The third-order valence-electron chi connectivity index (χ3n) is 11.1. The molecular formula is C40H26O26. The van der Waals surface area contributed by atoms with Gasteiger partial charge in [-0.1, -0.05) is 0 Å². The summed E-state index contributed by atoms with van der Waals surface area (Å²) >= 11 is 0. The minimum Gasteiger partial charge on any atom is -0.506 e. The summed E-state index contributed by atoms with van der Waals surface area (Å²) in [5.74, 6) is -43.9. The van der Waals surface area contributed by atoms with Crippen LogP contribution in [0.3, 0.4) is 0 Å². The molecule has 8 rings (SSSR count). The van der Waals surface area contributed by atoms with E-state index in [1.807, 2.05) is 0 Å². The summed E-state index contributed by atoms with van der Waals surface area (Å²) in [5, 5.41) is 275. The molecule has 0 aliphatic rings. The Labute approximate surface area is 358 Å². The Kier molecular flexibility index (Phi) is 8.37. The first-order valence-electron chi connectivity index (χ1n) is 17.6. The smallest absolute Gasteiger partial charge is 0.205 e. The van der Waals surface area contributed by atoms with Crippen LogP contribution in [0.5, 0.6) is 149 Å². The molecule has 8 aromatic rings. The summed E-state index contributed by atoms with van der Waals surface area (Å²) in [5.41, 5.74) is -8.94. The molecule has 0 aliphatic heterocycles. The Morgan fingerprint density at radius 3 is 0.439 bits per heavy atom. The highest BCUT2D eigenvalue weighted by atomic mass is 16.4. The molecule has 8 aromatic carbocycles. The Balaban J connectivity index is 1.66. The second-order valence-corrected chi connectivity index (χ2v) is 14.3. The Morgan fingerprint density at radius 2 is 0.212 bits per heavy atom. The van der Waals surface area contributed by atoms with Crippen LogP contribution in [0, 0.1) is 0 Å². The van der Waals surface area contributed by atoms with Gasteiger partial charge in [0.15, 0.2) is 92.0 Å². The molecule has 26 N–H and O–H groups in total. The fraction of sp³-hybridized carbons (Fsp3) is 0. The van der Waals surface area contributed by atoms with Crippen molar-refractivity contribution in [1.82, 2.24) is 0 Å². The summed E-state index contributed by atoms with van der Waals surface area (Å²) in [6.45, 7) is 0. The zero-order valence-corrected chi connectivity index (χ0v) is 31.6. The van der Waals surface area contributed by atoms with Crippen molar-refractivity contribution in [2.24, 2.45) is 0 Å². The largest absolute Gasteiger partial charge is 0.506 e. The molecule has 0 atom stereocenters. The Bertz CT molecular complexity index is 3540. The fourth-order valence-corrected chi connectivity index (χ4v) is 8.03. The first-order chi connectivity index (χ1) is 30.7. The predicted molar refractivity (Wildman–Crippen MR) is 216 cm³/mol. The van der Waals surface area contributed by atoms with Gasteiger partial charge in [0.1, 0.15) is 11.5 Å². The maximum Gasteiger partial charge on any atom is 0.205 e. The van der Waals surface area contributed by atoms with Crippen LogP contribution in [-0.2, 0) is 0 Å². The zero-order valence-electron chi connectivity index (χ0n) is 31.6. The van der Waals surface area contributed by atoms with Gasteiger partial charge in [-0.3, -0.25) is 0 Å². The maximum atomic E-state index is 11.7. The number of aromatic hydroxyl groups is 26. The molecule has 0 fully saturated rings. The van der Waals surface area contributed by atoms with Crippen molar-refractivity contribution < 1.29 is 133 Å². The van der Waals surface area contributed by atoms with Crippen LogP contribution >= 0.6 is 0 Å². The average Bonchev–Trinajstić information content (AvgIpc) is 3.28. The quantitative estimate of drug-likeness (QED) is 0.0683. The molecule has 342 valence electrons. The van der Waals surface area contributed by atoms with Crippen LogP contribution in [-0.4, -0.2) is 133 Å². The lowest BCUT2D eigenvalue weighted by atomic mass is 9.81. The van der Waals surface area contributed by atoms with Crippen molar-refractivity contribution in [2.75, 3.05) is 0 Å². The van der Waals surface area contributed by atoms with Gasteiger partial charge < -0.3 is 133 Å². The van der Waals surface area contributed by atoms with Crippen LogP contribution in [0.4, 0.5) is 0 Å². The highest BCUT2D eigenvalue weighted by molar-refractivity contribution is 6.31. The summed E-state index contributed by atoms with van der Waals surface area (Å²) in [6.07, 6.45) is 0. The van der Waals surface area contributed by atoms with Gasteiger partial charge in [-0.2, -0.15) is 0 Å². The van der Waals surface area contributed by atoms with Gasteiger partial charge in [0.05, 0.1) is 43.8 Å². The number of benzene rings is 8. The third kappa shape index (κ3) is 4.70. The molecule has 0 unspecified atom stereocenters. The molecule has 0 heterocycles. The summed E-state index contributed by atoms with van der Waals surface area (Å²) in [6, 6.07) is 0. The molecule has 0 amide bonds. The van der Waals surface area contributed by atoms with Crippen LogP contribution in [0.2, 0.25) is 0 Å².